The third kappa shape index (κ3) is 8.34. The summed E-state index contributed by atoms with van der Waals surface area (Å²) < 4.78 is 0. The van der Waals surface area contributed by atoms with Gasteiger partial charge in [0.2, 0.25) is 0 Å². The molecule has 0 heterocycles. The summed E-state index contributed by atoms with van der Waals surface area (Å²) in [7, 11) is 0.750. The summed E-state index contributed by atoms with van der Waals surface area (Å²) in [5.41, 5.74) is 6.99. The van der Waals surface area contributed by atoms with Crippen LogP contribution in [0.2, 0.25) is 13.1 Å². The van der Waals surface area contributed by atoms with Crippen molar-refractivity contribution in [3.8, 4) is 0 Å². The Hall–Kier alpha value is 0.461. The largest absolute Gasteiger partial charge is 4.00 e. The van der Waals surface area contributed by atoms with E-state index in [1.165, 1.54) is 32.1 Å². The van der Waals surface area contributed by atoms with E-state index in [1.54, 1.807) is 0 Å². The predicted octanol–water partition coefficient (Wildman–Crippen LogP) is -1.13. The Kier molecular flexibility index (Phi) is 16.1. The summed E-state index contributed by atoms with van der Waals surface area (Å²) in [6.07, 6.45) is 18.8. The first-order valence-electron chi connectivity index (χ1n) is 8.81. The number of hydrogen-bond acceptors (Lipinski definition) is 1. The van der Waals surface area contributed by atoms with Crippen LogP contribution in [0.3, 0.4) is 0 Å². The SMILES string of the molecule is C1=CC2C[CH-]CC2C=C1.C[SiH]C.[Cl-].[Cl-].[NH-]C(=O)C1CC2CCC1C2.[Ti+4]. The normalized spacial score (nSPS) is 32.5. The van der Waals surface area contributed by atoms with Gasteiger partial charge in [-0.25, -0.2) is 0 Å². The molecule has 3 fully saturated rings. The third-order valence-corrected chi connectivity index (χ3v) is 5.33. The molecule has 0 aliphatic heterocycles. The molecule has 2 bridgehead atoms. The van der Waals surface area contributed by atoms with E-state index >= 15 is 0 Å². The average molecular weight is 435 g/mol. The van der Waals surface area contributed by atoms with Crippen LogP contribution >= 0.6 is 0 Å². The molecule has 0 saturated heterocycles. The van der Waals surface area contributed by atoms with Crippen molar-refractivity contribution < 1.29 is 51.3 Å². The Morgan fingerprint density at radius 1 is 1.04 bits per heavy atom. The first kappa shape index (κ1) is 27.7. The fourth-order valence-corrected chi connectivity index (χ4v) is 4.25. The van der Waals surface area contributed by atoms with Crippen molar-refractivity contribution in [1.82, 2.24) is 0 Å². The molecule has 0 aromatic carbocycles. The van der Waals surface area contributed by atoms with Crippen LogP contribution in [0.1, 0.15) is 38.5 Å². The molecule has 1 N–H and O–H groups in total. The molecular formula is C19H30Cl2NOSiTi. The van der Waals surface area contributed by atoms with Gasteiger partial charge in [-0.3, -0.25) is 0 Å². The molecule has 3 saturated carbocycles. The second kappa shape index (κ2) is 14.5. The van der Waals surface area contributed by atoms with Gasteiger partial charge in [0.15, 0.2) is 0 Å². The van der Waals surface area contributed by atoms with Crippen molar-refractivity contribution in [2.45, 2.75) is 51.6 Å². The summed E-state index contributed by atoms with van der Waals surface area (Å²) >= 11 is 0. The molecule has 1 radical (unpaired) electrons. The molecule has 4 aliphatic carbocycles. The topological polar surface area (TPSA) is 40.9 Å². The summed E-state index contributed by atoms with van der Waals surface area (Å²) in [5.74, 6) is 2.88. The molecule has 5 atom stereocenters. The molecule has 25 heavy (non-hydrogen) atoms. The second-order valence-corrected chi connectivity index (χ2v) is 8.24. The van der Waals surface area contributed by atoms with Gasteiger partial charge in [0.25, 0.3) is 0 Å². The van der Waals surface area contributed by atoms with E-state index in [0.29, 0.717) is 5.92 Å². The molecule has 139 valence electrons. The van der Waals surface area contributed by atoms with Crippen LogP contribution in [0.25, 0.3) is 5.73 Å². The van der Waals surface area contributed by atoms with Crippen molar-refractivity contribution in [1.29, 1.82) is 0 Å². The van der Waals surface area contributed by atoms with Crippen molar-refractivity contribution >= 4 is 15.4 Å². The molecule has 0 spiro atoms. The quantitative estimate of drug-likeness (QED) is 0.380. The van der Waals surface area contributed by atoms with Crippen LogP contribution in [0.15, 0.2) is 24.3 Å². The summed E-state index contributed by atoms with van der Waals surface area (Å²) in [5, 5.41) is 0. The Bertz CT molecular complexity index is 416. The van der Waals surface area contributed by atoms with Gasteiger partial charge < -0.3 is 41.8 Å². The number of halogens is 2. The van der Waals surface area contributed by atoms with E-state index in [2.05, 4.69) is 43.8 Å². The van der Waals surface area contributed by atoms with Gasteiger partial charge in [-0.05, 0) is 42.9 Å². The first-order chi connectivity index (χ1) is 10.7. The van der Waals surface area contributed by atoms with Gasteiger partial charge in [-0.1, -0.05) is 43.8 Å². The molecule has 5 unspecified atom stereocenters. The van der Waals surface area contributed by atoms with Crippen LogP contribution in [0.5, 0.6) is 0 Å². The van der Waals surface area contributed by atoms with Crippen molar-refractivity contribution in [3.05, 3.63) is 36.5 Å². The smallest absolute Gasteiger partial charge is 1.00 e. The van der Waals surface area contributed by atoms with E-state index in [-0.39, 0.29) is 58.4 Å². The Morgan fingerprint density at radius 3 is 1.88 bits per heavy atom. The van der Waals surface area contributed by atoms with Crippen LogP contribution < -0.4 is 24.8 Å². The minimum absolute atomic E-state index is 0. The van der Waals surface area contributed by atoms with Gasteiger partial charge in [0.1, 0.15) is 0 Å². The predicted molar refractivity (Wildman–Crippen MR) is 95.9 cm³/mol. The average Bonchev–Trinajstić information content (AvgIpc) is 3.24. The molecule has 6 heteroatoms. The minimum Gasteiger partial charge on any atom is -1.00 e. The van der Waals surface area contributed by atoms with Crippen molar-refractivity contribution in [3.63, 3.8) is 0 Å². The van der Waals surface area contributed by atoms with Crippen LogP contribution in [-0.2, 0) is 26.5 Å². The maximum absolute atomic E-state index is 10.7. The fourth-order valence-electron chi connectivity index (χ4n) is 4.25. The summed E-state index contributed by atoms with van der Waals surface area (Å²) in [6, 6.07) is 0. The van der Waals surface area contributed by atoms with E-state index in [4.69, 9.17) is 5.73 Å². The number of amides is 1. The molecule has 4 rings (SSSR count). The van der Waals surface area contributed by atoms with Gasteiger partial charge in [-0.15, -0.1) is 0 Å². The van der Waals surface area contributed by atoms with E-state index < -0.39 is 0 Å². The monoisotopic (exact) mass is 434 g/mol. The maximum Gasteiger partial charge on any atom is 4.00 e. The number of allylic oxidation sites excluding steroid dienone is 4. The molecule has 1 amide bonds. The Morgan fingerprint density at radius 2 is 1.56 bits per heavy atom. The van der Waals surface area contributed by atoms with Crippen LogP contribution in [0, 0.1) is 36.0 Å². The van der Waals surface area contributed by atoms with Crippen molar-refractivity contribution in [2.75, 3.05) is 0 Å². The van der Waals surface area contributed by atoms with Gasteiger partial charge >= 0.3 is 21.7 Å². The van der Waals surface area contributed by atoms with Gasteiger partial charge in [0.05, 0.1) is 5.91 Å². The standard InChI is InChI=1S/C9H11.C8H13NO.C2H7Si.2ClH.Ti/c1-2-5-9-7-3-6-8(9)4-1;9-8(10)7-4-5-1-2-6(7)3-5;1-3-2;;;/h1-5,8-9H,6-7H2;5-7H,1-4H2,(H2,9,10);3H,1-2H3;2*1H;/q-1;;;;;+4/p-3. The molecule has 4 aliphatic rings. The number of nitrogens with one attached hydrogen (secondary N) is 1. The fraction of sp³-hybridized carbons (Fsp3) is 0.684. The Labute approximate surface area is 183 Å². The molecule has 0 aromatic rings. The van der Waals surface area contributed by atoms with E-state index in [1.807, 2.05) is 0 Å². The minimum atomic E-state index is -0.313. The van der Waals surface area contributed by atoms with E-state index in [9.17, 15) is 4.79 Å². The number of carbonyl (C=O) groups excluding carboxylic acids is 1. The molecule has 0 aromatic heterocycles. The van der Waals surface area contributed by atoms with Crippen LogP contribution in [0.4, 0.5) is 0 Å². The van der Waals surface area contributed by atoms with E-state index in [0.717, 1.165) is 33.7 Å². The van der Waals surface area contributed by atoms with Crippen molar-refractivity contribution in [2.24, 2.45) is 29.6 Å². The molecule has 2 nitrogen and oxygen atoms in total. The summed E-state index contributed by atoms with van der Waals surface area (Å²) in [4.78, 5) is 10.7. The Balaban J connectivity index is 0. The zero-order valence-corrected chi connectivity index (χ0v) is 19.5. The zero-order valence-electron chi connectivity index (χ0n) is 15.3. The third-order valence-electron chi connectivity index (χ3n) is 5.33. The number of rotatable bonds is 1. The van der Waals surface area contributed by atoms with Gasteiger partial charge in [0, 0.05) is 15.4 Å². The van der Waals surface area contributed by atoms with Crippen LogP contribution in [-0.4, -0.2) is 15.4 Å². The summed E-state index contributed by atoms with van der Waals surface area (Å²) in [6.45, 7) is 4.42. The van der Waals surface area contributed by atoms with Gasteiger partial charge in [-0.2, -0.15) is 12.8 Å². The first-order valence-corrected chi connectivity index (χ1v) is 11.1. The number of carbonyl (C=O) groups is 1. The number of hydrogen-bond donors (Lipinski definition) is 0. The number of fused-ring (bicyclic) bond motifs is 3. The zero-order chi connectivity index (χ0) is 15.9. The molecular weight excluding hydrogens is 405 g/mol. The maximum atomic E-state index is 10.7. The second-order valence-electron chi connectivity index (χ2n) is 7.08.